The molecule has 0 fully saturated rings. The predicted octanol–water partition coefficient (Wildman–Crippen LogP) is 3.30. The van der Waals surface area contributed by atoms with E-state index in [1.165, 1.54) is 16.8 Å². The van der Waals surface area contributed by atoms with Crippen molar-refractivity contribution in [2.24, 2.45) is 7.05 Å². The van der Waals surface area contributed by atoms with Crippen LogP contribution in [0.5, 0.6) is 0 Å². The second-order valence-electron chi connectivity index (χ2n) is 5.01. The number of allylic oxidation sites excluding steroid dienone is 2. The van der Waals surface area contributed by atoms with E-state index in [2.05, 4.69) is 65.7 Å². The summed E-state index contributed by atoms with van der Waals surface area (Å²) in [5.41, 5.74) is 3.62. The molecule has 0 saturated heterocycles. The molecule has 0 spiro atoms. The van der Waals surface area contributed by atoms with Gasteiger partial charge in [0.25, 0.3) is 0 Å². The first kappa shape index (κ1) is 14.1. The molecule has 0 radical (unpaired) electrons. The van der Waals surface area contributed by atoms with Gasteiger partial charge in [-0.15, -0.1) is 0 Å². The molecule has 102 valence electrons. The number of aromatic nitrogens is 1. The summed E-state index contributed by atoms with van der Waals surface area (Å²) < 4.78 is 2.05. The molecule has 2 nitrogen and oxygen atoms in total. The van der Waals surface area contributed by atoms with Crippen LogP contribution >= 0.6 is 0 Å². The van der Waals surface area contributed by atoms with Gasteiger partial charge in [0.2, 0.25) is 0 Å². The van der Waals surface area contributed by atoms with Crippen LogP contribution in [-0.2, 0) is 7.05 Å². The summed E-state index contributed by atoms with van der Waals surface area (Å²) in [5.74, 6) is 0. The zero-order valence-corrected chi connectivity index (χ0v) is 12.3. The SMILES string of the molecule is CN(C)c1ccc(/C=C\C=C\c2ccc[n+](C)c2)cc1. The van der Waals surface area contributed by atoms with Crippen molar-refractivity contribution in [2.75, 3.05) is 19.0 Å². The van der Waals surface area contributed by atoms with Crippen molar-refractivity contribution in [3.8, 4) is 0 Å². The van der Waals surface area contributed by atoms with E-state index in [-0.39, 0.29) is 0 Å². The molecule has 2 heteroatoms. The quantitative estimate of drug-likeness (QED) is 0.608. The van der Waals surface area contributed by atoms with E-state index >= 15 is 0 Å². The summed E-state index contributed by atoms with van der Waals surface area (Å²) in [6.45, 7) is 0. The highest BCUT2D eigenvalue weighted by Crippen LogP contribution is 2.13. The first-order chi connectivity index (χ1) is 9.65. The second kappa shape index (κ2) is 6.71. The Morgan fingerprint density at radius 2 is 1.55 bits per heavy atom. The summed E-state index contributed by atoms with van der Waals surface area (Å²) in [5, 5.41) is 0. The highest BCUT2D eigenvalue weighted by Gasteiger charge is 1.93. The van der Waals surface area contributed by atoms with E-state index in [4.69, 9.17) is 0 Å². The number of anilines is 1. The van der Waals surface area contributed by atoms with Crippen molar-refractivity contribution in [3.05, 3.63) is 72.1 Å². The van der Waals surface area contributed by atoms with Crippen molar-refractivity contribution >= 4 is 17.8 Å². The van der Waals surface area contributed by atoms with Crippen LogP contribution in [-0.4, -0.2) is 14.1 Å². The Morgan fingerprint density at radius 1 is 0.900 bits per heavy atom. The van der Waals surface area contributed by atoms with Gasteiger partial charge in [-0.3, -0.25) is 0 Å². The molecule has 0 atom stereocenters. The Bertz CT molecular complexity index is 608. The van der Waals surface area contributed by atoms with Crippen LogP contribution in [0.15, 0.2) is 60.9 Å². The van der Waals surface area contributed by atoms with Crippen molar-refractivity contribution in [2.45, 2.75) is 0 Å². The lowest BCUT2D eigenvalue weighted by molar-refractivity contribution is -0.671. The molecule has 1 aromatic heterocycles. The van der Waals surface area contributed by atoms with Crippen molar-refractivity contribution in [1.29, 1.82) is 0 Å². The minimum absolute atomic E-state index is 1.20. The van der Waals surface area contributed by atoms with Gasteiger partial charge in [-0.2, -0.15) is 0 Å². The lowest BCUT2D eigenvalue weighted by atomic mass is 10.2. The number of aryl methyl sites for hydroxylation is 1. The molecule has 0 aliphatic heterocycles. The Labute approximate surface area is 121 Å². The number of benzene rings is 1. The maximum atomic E-state index is 2.13. The lowest BCUT2D eigenvalue weighted by Gasteiger charge is -2.11. The third-order valence-corrected chi connectivity index (χ3v) is 3.06. The molecule has 0 unspecified atom stereocenters. The van der Waals surface area contributed by atoms with Crippen LogP contribution in [0.1, 0.15) is 11.1 Å². The van der Waals surface area contributed by atoms with Crippen LogP contribution in [0.25, 0.3) is 12.2 Å². The molecule has 0 bridgehead atoms. The van der Waals surface area contributed by atoms with Crippen LogP contribution in [0, 0.1) is 0 Å². The minimum Gasteiger partial charge on any atom is -0.378 e. The largest absolute Gasteiger partial charge is 0.378 e. The van der Waals surface area contributed by atoms with Crippen LogP contribution in [0.2, 0.25) is 0 Å². The van der Waals surface area contributed by atoms with Gasteiger partial charge >= 0.3 is 0 Å². The maximum absolute atomic E-state index is 2.13. The molecule has 2 aromatic rings. The van der Waals surface area contributed by atoms with E-state index in [1.807, 2.05) is 38.0 Å². The predicted molar refractivity (Wildman–Crippen MR) is 86.5 cm³/mol. The fraction of sp³-hybridized carbons (Fsp3) is 0.167. The molecule has 0 aliphatic rings. The number of hydrogen-bond donors (Lipinski definition) is 0. The first-order valence-corrected chi connectivity index (χ1v) is 6.72. The van der Waals surface area contributed by atoms with Gasteiger partial charge in [0.05, 0.1) is 0 Å². The molecular weight excluding hydrogens is 244 g/mol. The minimum atomic E-state index is 1.20. The zero-order valence-electron chi connectivity index (χ0n) is 12.3. The van der Waals surface area contributed by atoms with Gasteiger partial charge in [0.1, 0.15) is 7.05 Å². The van der Waals surface area contributed by atoms with E-state index in [9.17, 15) is 0 Å². The zero-order chi connectivity index (χ0) is 14.4. The van der Waals surface area contributed by atoms with Crippen LogP contribution < -0.4 is 9.47 Å². The van der Waals surface area contributed by atoms with E-state index < -0.39 is 0 Å². The normalized spacial score (nSPS) is 11.3. The summed E-state index contributed by atoms with van der Waals surface area (Å²) in [6.07, 6.45) is 12.5. The van der Waals surface area contributed by atoms with Crippen LogP contribution in [0.3, 0.4) is 0 Å². The highest BCUT2D eigenvalue weighted by molar-refractivity contribution is 5.59. The van der Waals surface area contributed by atoms with Gasteiger partial charge in [-0.05, 0) is 29.8 Å². The highest BCUT2D eigenvalue weighted by atomic mass is 15.1. The molecule has 0 amide bonds. The Hall–Kier alpha value is -2.35. The number of hydrogen-bond acceptors (Lipinski definition) is 1. The fourth-order valence-corrected chi connectivity index (χ4v) is 1.93. The van der Waals surface area contributed by atoms with Gasteiger partial charge in [-0.25, -0.2) is 4.57 Å². The smallest absolute Gasteiger partial charge is 0.175 e. The van der Waals surface area contributed by atoms with Gasteiger partial charge in [-0.1, -0.05) is 30.4 Å². The van der Waals surface area contributed by atoms with Crippen molar-refractivity contribution in [3.63, 3.8) is 0 Å². The molecular formula is C18H21N2+. The molecule has 0 N–H and O–H groups in total. The summed E-state index contributed by atoms with van der Waals surface area (Å²) in [7, 11) is 6.13. The molecule has 0 aliphatic carbocycles. The average Bonchev–Trinajstić information content (AvgIpc) is 2.44. The standard InChI is InChI=1S/C18H21N2/c1-19(2)18-12-10-16(11-13-18)7-4-5-8-17-9-6-14-20(3)15-17/h4-15H,1-3H3/q+1/b7-4-,8-5+. The molecule has 1 heterocycles. The van der Waals surface area contributed by atoms with Crippen molar-refractivity contribution < 1.29 is 4.57 Å². The van der Waals surface area contributed by atoms with E-state index in [0.717, 1.165) is 0 Å². The third-order valence-electron chi connectivity index (χ3n) is 3.06. The molecule has 0 saturated carbocycles. The van der Waals surface area contributed by atoms with E-state index in [0.29, 0.717) is 0 Å². The van der Waals surface area contributed by atoms with Gasteiger partial charge in [0.15, 0.2) is 12.4 Å². The molecule has 20 heavy (non-hydrogen) atoms. The first-order valence-electron chi connectivity index (χ1n) is 6.72. The van der Waals surface area contributed by atoms with Crippen molar-refractivity contribution in [1.82, 2.24) is 0 Å². The fourth-order valence-electron chi connectivity index (χ4n) is 1.93. The third kappa shape index (κ3) is 4.09. The van der Waals surface area contributed by atoms with E-state index in [1.54, 1.807) is 0 Å². The molecule has 2 rings (SSSR count). The Kier molecular flexibility index (Phi) is 4.72. The number of rotatable bonds is 4. The van der Waals surface area contributed by atoms with Gasteiger partial charge < -0.3 is 4.90 Å². The number of pyridine rings is 1. The summed E-state index contributed by atoms with van der Waals surface area (Å²) in [6, 6.07) is 12.6. The Balaban J connectivity index is 1.99. The summed E-state index contributed by atoms with van der Waals surface area (Å²) >= 11 is 0. The Morgan fingerprint density at radius 3 is 2.15 bits per heavy atom. The average molecular weight is 265 g/mol. The molecule has 1 aromatic carbocycles. The second-order valence-corrected chi connectivity index (χ2v) is 5.01. The van der Waals surface area contributed by atoms with Crippen LogP contribution in [0.4, 0.5) is 5.69 Å². The lowest BCUT2D eigenvalue weighted by Crippen LogP contribution is -2.26. The summed E-state index contributed by atoms with van der Waals surface area (Å²) in [4.78, 5) is 2.10. The topological polar surface area (TPSA) is 7.12 Å². The maximum Gasteiger partial charge on any atom is 0.175 e. The number of nitrogens with zero attached hydrogens (tertiary/aromatic N) is 2. The van der Waals surface area contributed by atoms with Gasteiger partial charge in [0, 0.05) is 31.4 Å². The monoisotopic (exact) mass is 265 g/mol.